The van der Waals surface area contributed by atoms with Gasteiger partial charge in [0.2, 0.25) is 5.28 Å². The summed E-state index contributed by atoms with van der Waals surface area (Å²) in [6.07, 6.45) is -1.51. The minimum Gasteiger partial charge on any atom is -0.569 e. The Morgan fingerprint density at radius 2 is 2.05 bits per heavy atom. The molecule has 0 aromatic rings. The molecule has 0 radical (unpaired) electrons. The highest BCUT2D eigenvalue weighted by atomic mass is 16.8. The molecular weight excluding hydrogens is 286 g/mol. The minimum atomic E-state index is -1.14. The lowest BCUT2D eigenvalue weighted by Gasteiger charge is -2.17. The molecule has 1 aliphatic heterocycles. The number of carbonyl (C=O) groups is 2. The van der Waals surface area contributed by atoms with Gasteiger partial charge in [0.15, 0.2) is 6.04 Å². The van der Waals surface area contributed by atoms with Crippen LogP contribution in [0.25, 0.3) is 0 Å². The number of nitrogens with zero attached hydrogens (tertiary/aromatic N) is 3. The van der Waals surface area contributed by atoms with Crippen molar-refractivity contribution in [1.29, 1.82) is 0 Å². The Balaban J connectivity index is 2.47. The Labute approximate surface area is 121 Å². The fraction of sp³-hybridized carbons (Fsp3) is 0.818. The van der Waals surface area contributed by atoms with Crippen LogP contribution in [0.15, 0.2) is 5.28 Å². The molecule has 1 fully saturated rings. The molecule has 0 spiro atoms. The first kappa shape index (κ1) is 16.8. The van der Waals surface area contributed by atoms with Crippen molar-refractivity contribution in [2.45, 2.75) is 52.0 Å². The lowest BCUT2D eigenvalue weighted by Crippen LogP contribution is -2.40. The van der Waals surface area contributed by atoms with Gasteiger partial charge in [-0.2, -0.15) is 0 Å². The summed E-state index contributed by atoms with van der Waals surface area (Å²) in [5.74, 6) is -1.10. The minimum absolute atomic E-state index is 0.0550. The normalized spacial score (nSPS) is 20.3. The molecule has 1 saturated heterocycles. The molecule has 1 unspecified atom stereocenters. The van der Waals surface area contributed by atoms with Gasteiger partial charge >= 0.3 is 12.1 Å². The van der Waals surface area contributed by atoms with E-state index in [1.807, 2.05) is 0 Å². The van der Waals surface area contributed by atoms with E-state index >= 15 is 0 Å². The van der Waals surface area contributed by atoms with Gasteiger partial charge in [0.05, 0.1) is 17.6 Å². The van der Waals surface area contributed by atoms with Crippen molar-refractivity contribution < 1.29 is 34.0 Å². The van der Waals surface area contributed by atoms with Gasteiger partial charge in [-0.1, -0.05) is 0 Å². The second-order valence-electron chi connectivity index (χ2n) is 4.70. The van der Waals surface area contributed by atoms with Crippen LogP contribution in [0.5, 0.6) is 0 Å². The van der Waals surface area contributed by atoms with Crippen LogP contribution in [0.3, 0.4) is 0 Å². The highest BCUT2D eigenvalue weighted by Gasteiger charge is 2.37. The van der Waals surface area contributed by atoms with Gasteiger partial charge in [0.25, 0.3) is 6.29 Å². The summed E-state index contributed by atoms with van der Waals surface area (Å²) in [4.78, 5) is 26.8. The zero-order valence-corrected chi connectivity index (χ0v) is 12.1. The van der Waals surface area contributed by atoms with E-state index in [0.29, 0.717) is 12.8 Å². The molecule has 1 N–H and O–H groups in total. The molecule has 0 saturated carbocycles. The molecule has 2 atom stereocenters. The van der Waals surface area contributed by atoms with Gasteiger partial charge in [-0.3, -0.25) is 4.84 Å². The van der Waals surface area contributed by atoms with Crippen molar-refractivity contribution in [3.63, 3.8) is 0 Å². The molecule has 10 nitrogen and oxygen atoms in total. The van der Waals surface area contributed by atoms with Crippen molar-refractivity contribution in [2.75, 3.05) is 6.54 Å². The van der Waals surface area contributed by atoms with Crippen LogP contribution in [0, 0.1) is 5.21 Å². The quantitative estimate of drug-likeness (QED) is 0.255. The van der Waals surface area contributed by atoms with E-state index in [1.165, 1.54) is 6.92 Å². The first-order valence-electron chi connectivity index (χ1n) is 6.52. The third-order valence-electron chi connectivity index (χ3n) is 2.59. The van der Waals surface area contributed by atoms with Crippen LogP contribution in [-0.2, 0) is 19.1 Å². The van der Waals surface area contributed by atoms with Crippen LogP contribution in [0.2, 0.25) is 0 Å². The molecule has 10 heteroatoms. The molecule has 0 aliphatic carbocycles. The Bertz CT molecular complexity index is 413. The molecule has 0 aromatic carbocycles. The van der Waals surface area contributed by atoms with E-state index in [9.17, 15) is 14.8 Å². The van der Waals surface area contributed by atoms with E-state index in [0.717, 1.165) is 5.01 Å². The van der Waals surface area contributed by atoms with Crippen molar-refractivity contribution in [3.8, 4) is 0 Å². The fourth-order valence-electron chi connectivity index (χ4n) is 1.74. The number of aliphatic carboxylic acids is 1. The number of carbonyl (C=O) groups excluding carboxylic acids is 1. The van der Waals surface area contributed by atoms with Crippen LogP contribution >= 0.6 is 0 Å². The molecule has 0 aromatic heterocycles. The molecule has 1 aliphatic rings. The van der Waals surface area contributed by atoms with E-state index in [-0.39, 0.29) is 17.6 Å². The third-order valence-corrected chi connectivity index (χ3v) is 2.59. The molecule has 120 valence electrons. The Morgan fingerprint density at radius 3 is 2.62 bits per heavy atom. The van der Waals surface area contributed by atoms with Crippen molar-refractivity contribution in [1.82, 2.24) is 5.01 Å². The monoisotopic (exact) mass is 305 g/mol. The Morgan fingerprint density at radius 1 is 1.38 bits per heavy atom. The second-order valence-corrected chi connectivity index (χ2v) is 4.70. The second kappa shape index (κ2) is 7.50. The summed E-state index contributed by atoms with van der Waals surface area (Å²) in [5.41, 5.74) is 0. The molecule has 21 heavy (non-hydrogen) atoms. The summed E-state index contributed by atoms with van der Waals surface area (Å²) >= 11 is 0. The van der Waals surface area contributed by atoms with Crippen molar-refractivity contribution in [3.05, 3.63) is 5.21 Å². The standard InChI is InChI=1S/C11H19N3O7/c1-7(2)19-11(17)20-8(3)21-12-14(18)13-6-4-5-9(13)10(15)16/h7-9H,4-6H2,1-3H3,(H,15,16)/b14-12-/t8?,9-/m0/s1. The highest BCUT2D eigenvalue weighted by Crippen LogP contribution is 2.17. The molecule has 1 rings (SSSR count). The number of hydrazine groups is 1. The van der Waals surface area contributed by atoms with Crippen molar-refractivity contribution in [2.24, 2.45) is 5.28 Å². The van der Waals surface area contributed by atoms with Gasteiger partial charge in [-0.05, 0) is 26.7 Å². The predicted octanol–water partition coefficient (Wildman–Crippen LogP) is 1.25. The van der Waals surface area contributed by atoms with Gasteiger partial charge in [0, 0.05) is 6.92 Å². The predicted molar refractivity (Wildman–Crippen MR) is 66.7 cm³/mol. The lowest BCUT2D eigenvalue weighted by atomic mass is 10.2. The SMILES string of the molecule is CC(C)OC(=O)OC(C)O/N=[N+](\[O-])N1CCC[C@H]1C(=O)O. The maximum Gasteiger partial charge on any atom is 0.511 e. The number of rotatable bonds is 6. The molecule has 0 amide bonds. The van der Waals surface area contributed by atoms with E-state index in [2.05, 4.69) is 14.9 Å². The average molecular weight is 305 g/mol. The zero-order valence-electron chi connectivity index (χ0n) is 12.1. The van der Waals surface area contributed by atoms with Gasteiger partial charge in [0.1, 0.15) is 0 Å². The average Bonchev–Trinajstić information content (AvgIpc) is 2.84. The highest BCUT2D eigenvalue weighted by molar-refractivity contribution is 5.73. The maximum atomic E-state index is 11.6. The summed E-state index contributed by atoms with van der Waals surface area (Å²) < 4.78 is 9.38. The summed E-state index contributed by atoms with van der Waals surface area (Å²) in [7, 11) is 0. The van der Waals surface area contributed by atoms with Crippen LogP contribution in [-0.4, -0.2) is 52.2 Å². The molecule has 0 bridgehead atoms. The van der Waals surface area contributed by atoms with Crippen LogP contribution < -0.4 is 0 Å². The topological polar surface area (TPSA) is 124 Å². The lowest BCUT2D eigenvalue weighted by molar-refractivity contribution is -0.714. The summed E-state index contributed by atoms with van der Waals surface area (Å²) in [5, 5.41) is 24.8. The van der Waals surface area contributed by atoms with E-state index < -0.39 is 24.5 Å². The fourth-order valence-corrected chi connectivity index (χ4v) is 1.74. The molecular formula is C11H19N3O7. The van der Waals surface area contributed by atoms with Crippen molar-refractivity contribution >= 4 is 12.1 Å². The Hall–Kier alpha value is -2.26. The number of carboxylic acids is 1. The van der Waals surface area contributed by atoms with Gasteiger partial charge in [-0.25, -0.2) is 9.59 Å². The molecule has 1 heterocycles. The van der Waals surface area contributed by atoms with E-state index in [1.54, 1.807) is 13.8 Å². The number of carboxylic acid groups (broad SMARTS) is 1. The van der Waals surface area contributed by atoms with Gasteiger partial charge in [-0.15, -0.1) is 5.01 Å². The third kappa shape index (κ3) is 5.32. The Kier molecular flexibility index (Phi) is 6.00. The van der Waals surface area contributed by atoms with Gasteiger partial charge < -0.3 is 19.8 Å². The number of ether oxygens (including phenoxy) is 2. The first-order chi connectivity index (χ1) is 9.81. The van der Waals surface area contributed by atoms with Crippen LogP contribution in [0.1, 0.15) is 33.6 Å². The number of hydrogen-bond acceptors (Lipinski definition) is 7. The first-order valence-corrected chi connectivity index (χ1v) is 6.52. The largest absolute Gasteiger partial charge is 0.569 e. The zero-order chi connectivity index (χ0) is 16.0. The maximum absolute atomic E-state index is 11.6. The summed E-state index contributed by atoms with van der Waals surface area (Å²) in [6.45, 7) is 4.90. The smallest absolute Gasteiger partial charge is 0.511 e. The van der Waals surface area contributed by atoms with Crippen LogP contribution in [0.4, 0.5) is 4.79 Å². The van der Waals surface area contributed by atoms with E-state index in [4.69, 9.17) is 9.84 Å². The number of hydrogen-bond donors (Lipinski definition) is 1. The summed E-state index contributed by atoms with van der Waals surface area (Å²) in [6, 6.07) is -0.933.